The summed E-state index contributed by atoms with van der Waals surface area (Å²) in [5, 5.41) is 0.0609. The van der Waals surface area contributed by atoms with Crippen molar-refractivity contribution in [2.45, 2.75) is 24.3 Å². The highest BCUT2D eigenvalue weighted by molar-refractivity contribution is 7.89. The third kappa shape index (κ3) is 3.86. The molecule has 3 aromatic heterocycles. The number of fused-ring (bicyclic) bond motifs is 1. The molecule has 0 amide bonds. The maximum absolute atomic E-state index is 13.1. The maximum Gasteiger partial charge on any atom is 0.262 e. The van der Waals surface area contributed by atoms with Crippen LogP contribution in [-0.2, 0) is 17.1 Å². The lowest BCUT2D eigenvalue weighted by Crippen LogP contribution is -2.29. The van der Waals surface area contributed by atoms with Crippen LogP contribution >= 0.6 is 0 Å². The summed E-state index contributed by atoms with van der Waals surface area (Å²) in [4.78, 5) is 17.2. The first kappa shape index (κ1) is 21.8. The van der Waals surface area contributed by atoms with Crippen molar-refractivity contribution in [2.24, 2.45) is 7.05 Å². The highest BCUT2D eigenvalue weighted by atomic mass is 32.2. The molecule has 1 unspecified atom stereocenters. The van der Waals surface area contributed by atoms with Gasteiger partial charge >= 0.3 is 0 Å². The molecule has 10 nitrogen and oxygen atoms in total. The van der Waals surface area contributed by atoms with Crippen LogP contribution in [0.25, 0.3) is 22.6 Å². The minimum atomic E-state index is -3.66. The van der Waals surface area contributed by atoms with E-state index in [1.165, 1.54) is 16.8 Å². The van der Waals surface area contributed by atoms with E-state index in [0.717, 1.165) is 34.2 Å². The van der Waals surface area contributed by atoms with Gasteiger partial charge in [-0.15, -0.1) is 0 Å². The molecule has 1 saturated heterocycles. The molecule has 0 saturated carbocycles. The number of aromatic amines is 1. The van der Waals surface area contributed by atoms with Crippen molar-refractivity contribution in [3.8, 4) is 34.1 Å². The van der Waals surface area contributed by atoms with Gasteiger partial charge in [0, 0.05) is 43.5 Å². The molecule has 1 N–H and O–H groups in total. The number of nitrogens with zero attached hydrogens (tertiary/aromatic N) is 5. The van der Waals surface area contributed by atoms with Gasteiger partial charge in [0.25, 0.3) is 10.0 Å². The fraction of sp³-hybridized carbons (Fsp3) is 0.292. The molecule has 1 fully saturated rings. The summed E-state index contributed by atoms with van der Waals surface area (Å²) in [7, 11) is -1.91. The third-order valence-electron chi connectivity index (χ3n) is 6.34. The van der Waals surface area contributed by atoms with Crippen LogP contribution < -0.4 is 9.47 Å². The number of hydrogen-bond donors (Lipinski definition) is 1. The number of pyridine rings is 1. The normalized spacial score (nSPS) is 17.8. The standard InChI is InChI=1S/C24H24N6O4S/c1-15-4-3-5-18(26-15)23-22(16-6-7-19-20(10-16)34-14-33-19)27-24(28-23)17-8-9-30(11-17)35(31,32)21-12-29(2)13-25-21/h3-7,10,12-13,17H,8-9,11,14H2,1-2H3,(H,27,28). The number of nitrogens with one attached hydrogen (secondary N) is 1. The Bertz CT molecular complexity index is 1530. The van der Waals surface area contributed by atoms with Crippen LogP contribution in [0.15, 0.2) is 53.9 Å². The van der Waals surface area contributed by atoms with Gasteiger partial charge in [0.1, 0.15) is 5.82 Å². The quantitative estimate of drug-likeness (QED) is 0.455. The Labute approximate surface area is 202 Å². The van der Waals surface area contributed by atoms with Gasteiger partial charge in [-0.25, -0.2) is 18.4 Å². The Kier molecular flexibility index (Phi) is 5.11. The highest BCUT2D eigenvalue weighted by Gasteiger charge is 2.36. The number of sulfonamides is 1. The Hall–Kier alpha value is -3.70. The Morgan fingerprint density at radius 2 is 1.97 bits per heavy atom. The summed E-state index contributed by atoms with van der Waals surface area (Å²) in [5.74, 6) is 2.02. The largest absolute Gasteiger partial charge is 0.454 e. The van der Waals surface area contributed by atoms with Gasteiger partial charge in [-0.3, -0.25) is 4.98 Å². The SMILES string of the molecule is Cc1cccc(-c2[nH]c(C3CCN(S(=O)(=O)c4cn(C)cn4)C3)nc2-c2ccc3c(c2)OCO3)n1. The van der Waals surface area contributed by atoms with Crippen molar-refractivity contribution >= 4 is 10.0 Å². The molecule has 4 aromatic rings. The smallest absolute Gasteiger partial charge is 0.262 e. The first-order valence-electron chi connectivity index (χ1n) is 11.3. The Morgan fingerprint density at radius 3 is 2.77 bits per heavy atom. The summed E-state index contributed by atoms with van der Waals surface area (Å²) in [6.45, 7) is 2.87. The summed E-state index contributed by atoms with van der Waals surface area (Å²) in [6, 6.07) is 11.6. The number of aryl methyl sites for hydroxylation is 2. The van der Waals surface area contributed by atoms with Gasteiger partial charge in [-0.1, -0.05) is 6.07 Å². The van der Waals surface area contributed by atoms with Gasteiger partial charge in [0.15, 0.2) is 16.5 Å². The molecule has 0 aliphatic carbocycles. The van der Waals surface area contributed by atoms with Gasteiger partial charge in [-0.05, 0) is 43.7 Å². The monoisotopic (exact) mass is 492 g/mol. The summed E-state index contributed by atoms with van der Waals surface area (Å²) in [6.07, 6.45) is 3.67. The number of hydrogen-bond acceptors (Lipinski definition) is 7. The minimum Gasteiger partial charge on any atom is -0.454 e. The zero-order chi connectivity index (χ0) is 24.2. The van der Waals surface area contributed by atoms with Crippen LogP contribution in [0.1, 0.15) is 23.9 Å². The maximum atomic E-state index is 13.1. The highest BCUT2D eigenvalue weighted by Crippen LogP contribution is 2.39. The predicted octanol–water partition coefficient (Wildman–Crippen LogP) is 3.09. The molecule has 180 valence electrons. The van der Waals surface area contributed by atoms with Crippen molar-refractivity contribution in [3.05, 3.63) is 60.4 Å². The van der Waals surface area contributed by atoms with E-state index in [4.69, 9.17) is 19.4 Å². The molecule has 5 heterocycles. The molecule has 1 aromatic carbocycles. The van der Waals surface area contributed by atoms with E-state index in [2.05, 4.69) is 9.97 Å². The van der Waals surface area contributed by atoms with Crippen molar-refractivity contribution in [3.63, 3.8) is 0 Å². The first-order valence-corrected chi connectivity index (χ1v) is 12.7. The third-order valence-corrected chi connectivity index (χ3v) is 8.09. The number of rotatable bonds is 5. The lowest BCUT2D eigenvalue weighted by Gasteiger charge is -2.14. The molecule has 2 aliphatic rings. The first-order chi connectivity index (χ1) is 16.9. The van der Waals surface area contributed by atoms with Crippen molar-refractivity contribution < 1.29 is 17.9 Å². The van der Waals surface area contributed by atoms with Gasteiger partial charge < -0.3 is 19.0 Å². The van der Waals surface area contributed by atoms with Gasteiger partial charge in [0.2, 0.25) is 6.79 Å². The van der Waals surface area contributed by atoms with Crippen molar-refractivity contribution in [2.75, 3.05) is 19.9 Å². The molecular formula is C24H24N6O4S. The number of ether oxygens (including phenoxy) is 2. The van der Waals surface area contributed by atoms with Crippen molar-refractivity contribution in [1.82, 2.24) is 28.8 Å². The fourth-order valence-electron chi connectivity index (χ4n) is 4.53. The second-order valence-corrected chi connectivity index (χ2v) is 10.7. The average molecular weight is 493 g/mol. The molecule has 0 radical (unpaired) electrons. The van der Waals surface area contributed by atoms with Crippen LogP contribution in [0.2, 0.25) is 0 Å². The van der Waals surface area contributed by atoms with E-state index >= 15 is 0 Å². The van der Waals surface area contributed by atoms with Crippen LogP contribution in [0.5, 0.6) is 11.5 Å². The van der Waals surface area contributed by atoms with Gasteiger partial charge in [-0.2, -0.15) is 4.31 Å². The Balaban J connectivity index is 1.37. The number of H-pyrrole nitrogens is 1. The summed E-state index contributed by atoms with van der Waals surface area (Å²) in [5.41, 5.74) is 4.05. The topological polar surface area (TPSA) is 115 Å². The molecule has 35 heavy (non-hydrogen) atoms. The van der Waals surface area contributed by atoms with Crippen LogP contribution in [0.3, 0.4) is 0 Å². The van der Waals surface area contributed by atoms with E-state index < -0.39 is 10.0 Å². The summed E-state index contributed by atoms with van der Waals surface area (Å²) < 4.78 is 40.3. The van der Waals surface area contributed by atoms with Crippen LogP contribution in [0, 0.1) is 6.92 Å². The number of benzene rings is 1. The minimum absolute atomic E-state index is 0.0609. The fourth-order valence-corrected chi connectivity index (χ4v) is 6.00. The lowest BCUT2D eigenvalue weighted by atomic mass is 10.1. The van der Waals surface area contributed by atoms with Gasteiger partial charge in [0.05, 0.1) is 23.4 Å². The second-order valence-electron chi connectivity index (χ2n) is 8.80. The molecule has 1 atom stereocenters. The van der Waals surface area contributed by atoms with E-state index in [-0.39, 0.29) is 17.7 Å². The average Bonchev–Trinajstić information content (AvgIpc) is 3.64. The van der Waals surface area contributed by atoms with E-state index in [1.54, 1.807) is 11.6 Å². The molecule has 6 rings (SSSR count). The van der Waals surface area contributed by atoms with E-state index in [9.17, 15) is 8.42 Å². The molecular weight excluding hydrogens is 468 g/mol. The van der Waals surface area contributed by atoms with E-state index in [1.807, 2.05) is 43.3 Å². The summed E-state index contributed by atoms with van der Waals surface area (Å²) >= 11 is 0. The van der Waals surface area contributed by atoms with Crippen molar-refractivity contribution in [1.29, 1.82) is 0 Å². The molecule has 0 spiro atoms. The number of imidazole rings is 2. The lowest BCUT2D eigenvalue weighted by molar-refractivity contribution is 0.174. The zero-order valence-corrected chi connectivity index (χ0v) is 20.1. The number of aromatic nitrogens is 5. The predicted molar refractivity (Wildman–Crippen MR) is 127 cm³/mol. The molecule has 0 bridgehead atoms. The van der Waals surface area contributed by atoms with E-state index in [0.29, 0.717) is 31.0 Å². The second kappa shape index (κ2) is 8.21. The van der Waals surface area contributed by atoms with Crippen LogP contribution in [-0.4, -0.2) is 57.1 Å². The van der Waals surface area contributed by atoms with Crippen LogP contribution in [0.4, 0.5) is 0 Å². The Morgan fingerprint density at radius 1 is 1.11 bits per heavy atom. The molecule has 11 heteroatoms. The molecule has 2 aliphatic heterocycles. The zero-order valence-electron chi connectivity index (χ0n) is 19.3.